The van der Waals surface area contributed by atoms with E-state index in [0.29, 0.717) is 23.1 Å². The lowest BCUT2D eigenvalue weighted by atomic mass is 10.2. The van der Waals surface area contributed by atoms with Crippen molar-refractivity contribution in [3.05, 3.63) is 46.7 Å². The molecule has 1 N–H and O–H groups in total. The number of nitrogens with zero attached hydrogens (tertiary/aromatic N) is 1. The third-order valence-electron chi connectivity index (χ3n) is 2.93. The average molecular weight is 293 g/mol. The molecule has 106 valence electrons. The smallest absolute Gasteiger partial charge is 0.162 e. The zero-order chi connectivity index (χ0) is 14.5. The zero-order valence-electron chi connectivity index (χ0n) is 11.7. The first-order chi connectivity index (χ1) is 9.63. The van der Waals surface area contributed by atoms with E-state index >= 15 is 0 Å². The lowest BCUT2D eigenvalue weighted by Crippen LogP contribution is -2.02. The van der Waals surface area contributed by atoms with Gasteiger partial charge in [0.1, 0.15) is 0 Å². The number of ether oxygens (including phenoxy) is 2. The number of pyridine rings is 1. The molecule has 0 aliphatic carbocycles. The molecule has 0 fully saturated rings. The minimum absolute atomic E-state index is 0.586. The van der Waals surface area contributed by atoms with Crippen LogP contribution in [0.15, 0.2) is 30.5 Å². The fourth-order valence-corrected chi connectivity index (χ4v) is 2.01. The fourth-order valence-electron chi connectivity index (χ4n) is 1.79. The molecule has 0 saturated carbocycles. The maximum absolute atomic E-state index is 6.21. The van der Waals surface area contributed by atoms with Gasteiger partial charge in [0.05, 0.1) is 24.9 Å². The van der Waals surface area contributed by atoms with Gasteiger partial charge in [0.15, 0.2) is 11.5 Å². The molecule has 0 aliphatic rings. The molecule has 0 unspecified atom stereocenters. The Labute approximate surface area is 123 Å². The minimum atomic E-state index is 0.586. The number of methoxy groups -OCH3 is 2. The number of rotatable bonds is 5. The number of aromatic nitrogens is 1. The SMILES string of the molecule is COc1cc(Cl)c(NCc2ccc(C)nc2)cc1OC. The van der Waals surface area contributed by atoms with Crippen LogP contribution < -0.4 is 14.8 Å². The van der Waals surface area contributed by atoms with Gasteiger partial charge in [-0.05, 0) is 18.6 Å². The van der Waals surface area contributed by atoms with Gasteiger partial charge in [-0.2, -0.15) is 0 Å². The summed E-state index contributed by atoms with van der Waals surface area (Å²) in [6.45, 7) is 2.60. The van der Waals surface area contributed by atoms with Crippen LogP contribution in [0.1, 0.15) is 11.3 Å². The molecule has 1 aromatic heterocycles. The molecule has 0 saturated heterocycles. The molecule has 0 atom stereocenters. The van der Waals surface area contributed by atoms with Crippen molar-refractivity contribution in [2.45, 2.75) is 13.5 Å². The Bertz CT molecular complexity index is 585. The van der Waals surface area contributed by atoms with Gasteiger partial charge in [0.25, 0.3) is 0 Å². The summed E-state index contributed by atoms with van der Waals surface area (Å²) in [7, 11) is 3.18. The maximum Gasteiger partial charge on any atom is 0.162 e. The van der Waals surface area contributed by atoms with E-state index in [4.69, 9.17) is 21.1 Å². The van der Waals surface area contributed by atoms with Gasteiger partial charge >= 0.3 is 0 Å². The highest BCUT2D eigenvalue weighted by atomic mass is 35.5. The second-order valence-corrected chi connectivity index (χ2v) is 4.76. The van der Waals surface area contributed by atoms with Crippen LogP contribution >= 0.6 is 11.6 Å². The number of nitrogens with one attached hydrogen (secondary N) is 1. The standard InChI is InChI=1S/C15H17ClN2O2/c1-10-4-5-11(8-17-10)9-18-13-7-15(20-3)14(19-2)6-12(13)16/h4-8,18H,9H2,1-3H3. The van der Waals surface area contributed by atoms with Gasteiger partial charge < -0.3 is 14.8 Å². The van der Waals surface area contributed by atoms with E-state index in [2.05, 4.69) is 10.3 Å². The normalized spacial score (nSPS) is 10.2. The Morgan fingerprint density at radius 1 is 1.15 bits per heavy atom. The molecular formula is C15H17ClN2O2. The molecule has 0 radical (unpaired) electrons. The van der Waals surface area contributed by atoms with Crippen LogP contribution in [0.25, 0.3) is 0 Å². The summed E-state index contributed by atoms with van der Waals surface area (Å²) in [5.41, 5.74) is 2.88. The number of hydrogen-bond donors (Lipinski definition) is 1. The Balaban J connectivity index is 2.14. The van der Waals surface area contributed by atoms with E-state index < -0.39 is 0 Å². The lowest BCUT2D eigenvalue weighted by Gasteiger charge is -2.13. The summed E-state index contributed by atoms with van der Waals surface area (Å²) in [6.07, 6.45) is 1.84. The van der Waals surface area contributed by atoms with Gasteiger partial charge in [0, 0.05) is 30.6 Å². The molecule has 2 aromatic rings. The summed E-state index contributed by atoms with van der Waals surface area (Å²) in [5, 5.41) is 3.85. The molecule has 1 aromatic carbocycles. The van der Waals surface area contributed by atoms with Gasteiger partial charge in [-0.1, -0.05) is 17.7 Å². The van der Waals surface area contributed by atoms with Crippen molar-refractivity contribution in [3.8, 4) is 11.5 Å². The highest BCUT2D eigenvalue weighted by molar-refractivity contribution is 6.33. The van der Waals surface area contributed by atoms with Crippen LogP contribution in [-0.2, 0) is 6.54 Å². The topological polar surface area (TPSA) is 43.4 Å². The average Bonchev–Trinajstić information content (AvgIpc) is 2.47. The van der Waals surface area contributed by atoms with E-state index in [1.165, 1.54) is 0 Å². The van der Waals surface area contributed by atoms with Crippen molar-refractivity contribution in [1.29, 1.82) is 0 Å². The molecule has 0 bridgehead atoms. The van der Waals surface area contributed by atoms with E-state index in [9.17, 15) is 0 Å². The number of benzene rings is 1. The van der Waals surface area contributed by atoms with Crippen LogP contribution in [-0.4, -0.2) is 19.2 Å². The number of aryl methyl sites for hydroxylation is 1. The summed E-state index contributed by atoms with van der Waals surface area (Å²) in [5.74, 6) is 1.25. The van der Waals surface area contributed by atoms with E-state index in [1.54, 1.807) is 20.3 Å². The van der Waals surface area contributed by atoms with Crippen molar-refractivity contribution in [1.82, 2.24) is 4.98 Å². The van der Waals surface area contributed by atoms with Gasteiger partial charge in [-0.15, -0.1) is 0 Å². The third-order valence-corrected chi connectivity index (χ3v) is 3.24. The molecule has 4 nitrogen and oxygen atoms in total. The summed E-state index contributed by atoms with van der Waals surface area (Å²) >= 11 is 6.21. The highest BCUT2D eigenvalue weighted by Gasteiger charge is 2.09. The Hall–Kier alpha value is -1.94. The second kappa shape index (κ2) is 6.48. The van der Waals surface area contributed by atoms with Crippen molar-refractivity contribution in [2.24, 2.45) is 0 Å². The fraction of sp³-hybridized carbons (Fsp3) is 0.267. The minimum Gasteiger partial charge on any atom is -0.493 e. The van der Waals surface area contributed by atoms with Crippen molar-refractivity contribution in [3.63, 3.8) is 0 Å². The molecule has 1 heterocycles. The quantitative estimate of drug-likeness (QED) is 0.913. The van der Waals surface area contributed by atoms with Crippen LogP contribution in [0.5, 0.6) is 11.5 Å². The van der Waals surface area contributed by atoms with E-state index in [0.717, 1.165) is 16.9 Å². The maximum atomic E-state index is 6.21. The molecule has 0 spiro atoms. The number of anilines is 1. The van der Waals surface area contributed by atoms with Crippen LogP contribution in [0.2, 0.25) is 5.02 Å². The Kier molecular flexibility index (Phi) is 4.69. The van der Waals surface area contributed by atoms with Crippen LogP contribution in [0.3, 0.4) is 0 Å². The largest absolute Gasteiger partial charge is 0.493 e. The summed E-state index contributed by atoms with van der Waals surface area (Å²) in [4.78, 5) is 4.26. The van der Waals surface area contributed by atoms with Crippen molar-refractivity contribution >= 4 is 17.3 Å². The van der Waals surface area contributed by atoms with E-state index in [1.807, 2.05) is 31.3 Å². The Morgan fingerprint density at radius 2 is 1.85 bits per heavy atom. The van der Waals surface area contributed by atoms with Gasteiger partial charge in [-0.3, -0.25) is 4.98 Å². The molecule has 20 heavy (non-hydrogen) atoms. The van der Waals surface area contributed by atoms with Crippen molar-refractivity contribution in [2.75, 3.05) is 19.5 Å². The molecule has 0 amide bonds. The summed E-state index contributed by atoms with van der Waals surface area (Å²) in [6, 6.07) is 7.57. The Morgan fingerprint density at radius 3 is 2.45 bits per heavy atom. The predicted molar refractivity (Wildman–Crippen MR) is 80.9 cm³/mol. The predicted octanol–water partition coefficient (Wildman–Crippen LogP) is 3.67. The first-order valence-corrected chi connectivity index (χ1v) is 6.58. The molecule has 0 aliphatic heterocycles. The molecule has 5 heteroatoms. The highest BCUT2D eigenvalue weighted by Crippen LogP contribution is 2.36. The summed E-state index contributed by atoms with van der Waals surface area (Å²) < 4.78 is 10.5. The first kappa shape index (κ1) is 14.5. The van der Waals surface area contributed by atoms with E-state index in [-0.39, 0.29) is 0 Å². The van der Waals surface area contributed by atoms with Gasteiger partial charge in [0.2, 0.25) is 0 Å². The van der Waals surface area contributed by atoms with Crippen LogP contribution in [0.4, 0.5) is 5.69 Å². The number of hydrogen-bond acceptors (Lipinski definition) is 4. The second-order valence-electron chi connectivity index (χ2n) is 4.35. The van der Waals surface area contributed by atoms with Gasteiger partial charge in [-0.25, -0.2) is 0 Å². The first-order valence-electron chi connectivity index (χ1n) is 6.21. The van der Waals surface area contributed by atoms with Crippen LogP contribution in [0, 0.1) is 6.92 Å². The van der Waals surface area contributed by atoms with Crippen molar-refractivity contribution < 1.29 is 9.47 Å². The monoisotopic (exact) mass is 292 g/mol. The third kappa shape index (κ3) is 3.33. The number of halogens is 1. The lowest BCUT2D eigenvalue weighted by molar-refractivity contribution is 0.355. The molecular weight excluding hydrogens is 276 g/mol. The zero-order valence-corrected chi connectivity index (χ0v) is 12.5. The molecule has 2 rings (SSSR count).